The van der Waals surface area contributed by atoms with Gasteiger partial charge in [-0.3, -0.25) is 14.4 Å². The lowest BCUT2D eigenvalue weighted by Gasteiger charge is -2.24. The Balaban J connectivity index is 2.03. The quantitative estimate of drug-likeness (QED) is 0.611. The summed E-state index contributed by atoms with van der Waals surface area (Å²) in [4.78, 5) is 40.2. The van der Waals surface area contributed by atoms with Crippen molar-refractivity contribution in [2.75, 3.05) is 25.0 Å². The highest BCUT2D eigenvalue weighted by molar-refractivity contribution is 6.10. The van der Waals surface area contributed by atoms with E-state index in [0.717, 1.165) is 16.8 Å². The lowest BCUT2D eigenvalue weighted by Crippen LogP contribution is -2.41. The summed E-state index contributed by atoms with van der Waals surface area (Å²) in [5.41, 5.74) is 2.46. The molecule has 2 amide bonds. The molecule has 0 spiro atoms. The molecule has 1 atom stereocenters. The van der Waals surface area contributed by atoms with Gasteiger partial charge in [0.05, 0.1) is 0 Å². The van der Waals surface area contributed by atoms with E-state index in [9.17, 15) is 14.4 Å². The van der Waals surface area contributed by atoms with Crippen LogP contribution in [0.1, 0.15) is 38.3 Å². The molecule has 1 aromatic carbocycles. The van der Waals surface area contributed by atoms with Gasteiger partial charge in [0.1, 0.15) is 18.1 Å². The van der Waals surface area contributed by atoms with Crippen molar-refractivity contribution >= 4 is 23.5 Å². The van der Waals surface area contributed by atoms with Gasteiger partial charge >= 0.3 is 5.97 Å². The first-order valence-electron chi connectivity index (χ1n) is 8.85. The molecule has 0 saturated carbocycles. The average molecular weight is 360 g/mol. The topological polar surface area (TPSA) is 66.9 Å². The van der Waals surface area contributed by atoms with Crippen molar-refractivity contribution in [2.24, 2.45) is 5.92 Å². The Labute approximate surface area is 155 Å². The number of benzene rings is 1. The van der Waals surface area contributed by atoms with Gasteiger partial charge in [0.2, 0.25) is 11.8 Å². The highest BCUT2D eigenvalue weighted by Gasteiger charge is 2.39. The maximum absolute atomic E-state index is 12.7. The molecule has 0 N–H and O–H groups in total. The van der Waals surface area contributed by atoms with E-state index in [-0.39, 0.29) is 18.4 Å². The van der Waals surface area contributed by atoms with Gasteiger partial charge in [0.15, 0.2) is 0 Å². The molecule has 2 rings (SSSR count). The van der Waals surface area contributed by atoms with Crippen LogP contribution in [-0.2, 0) is 19.1 Å². The third-order valence-electron chi connectivity index (χ3n) is 4.47. The largest absolute Gasteiger partial charge is 0.459 e. The summed E-state index contributed by atoms with van der Waals surface area (Å²) in [6, 6.07) is 5.84. The van der Waals surface area contributed by atoms with E-state index < -0.39 is 17.5 Å². The molecular formula is C20H28N2O4. The van der Waals surface area contributed by atoms with E-state index in [1.807, 2.05) is 32.0 Å². The summed E-state index contributed by atoms with van der Waals surface area (Å²) < 4.78 is 5.23. The van der Waals surface area contributed by atoms with Crippen LogP contribution in [0.2, 0.25) is 0 Å². The molecule has 0 aliphatic carbocycles. The van der Waals surface area contributed by atoms with Gasteiger partial charge in [-0.1, -0.05) is 6.07 Å². The molecule has 142 valence electrons. The third-order valence-corrected chi connectivity index (χ3v) is 4.47. The van der Waals surface area contributed by atoms with E-state index in [1.54, 1.807) is 25.7 Å². The standard InChI is InChI=1S/C20H28N2O4/c1-13-7-8-15(11-14(13)2)22-10-9-16(19(22)25)18(24)21(6)12-17(23)26-20(3,4)5/h7-8,11,16H,9-10,12H2,1-6H3. The summed E-state index contributed by atoms with van der Waals surface area (Å²) in [6.07, 6.45) is 0.448. The summed E-state index contributed by atoms with van der Waals surface area (Å²) in [5.74, 6) is -1.78. The molecule has 1 unspecified atom stereocenters. The van der Waals surface area contributed by atoms with Crippen LogP contribution < -0.4 is 4.90 Å². The van der Waals surface area contributed by atoms with Gasteiger partial charge in [-0.2, -0.15) is 0 Å². The van der Waals surface area contributed by atoms with Crippen LogP contribution in [0.4, 0.5) is 5.69 Å². The molecular weight excluding hydrogens is 332 g/mol. The van der Waals surface area contributed by atoms with Gasteiger partial charge in [-0.05, 0) is 64.3 Å². The minimum Gasteiger partial charge on any atom is -0.459 e. The SMILES string of the molecule is Cc1ccc(N2CCC(C(=O)N(C)CC(=O)OC(C)(C)C)C2=O)cc1C. The Morgan fingerprint density at radius 3 is 2.46 bits per heavy atom. The van der Waals surface area contributed by atoms with Crippen LogP contribution in [-0.4, -0.2) is 48.4 Å². The minimum atomic E-state index is -0.746. The number of anilines is 1. The van der Waals surface area contributed by atoms with E-state index in [1.165, 1.54) is 11.9 Å². The predicted molar refractivity (Wildman–Crippen MR) is 99.9 cm³/mol. The lowest BCUT2D eigenvalue weighted by atomic mass is 10.1. The normalized spacial score (nSPS) is 17.4. The number of carbonyl (C=O) groups is 3. The molecule has 0 aromatic heterocycles. The Morgan fingerprint density at radius 2 is 1.88 bits per heavy atom. The van der Waals surface area contributed by atoms with Crippen molar-refractivity contribution in [1.82, 2.24) is 4.90 Å². The molecule has 1 aromatic rings. The van der Waals surface area contributed by atoms with Crippen LogP contribution >= 0.6 is 0 Å². The fourth-order valence-electron chi connectivity index (χ4n) is 2.97. The molecule has 0 radical (unpaired) electrons. The molecule has 6 nitrogen and oxygen atoms in total. The number of hydrogen-bond acceptors (Lipinski definition) is 4. The number of hydrogen-bond donors (Lipinski definition) is 0. The number of carbonyl (C=O) groups excluding carboxylic acids is 3. The molecule has 0 bridgehead atoms. The van der Waals surface area contributed by atoms with Gasteiger partial charge in [0.25, 0.3) is 0 Å². The van der Waals surface area contributed by atoms with Crippen molar-refractivity contribution in [1.29, 1.82) is 0 Å². The maximum Gasteiger partial charge on any atom is 0.326 e. The Bertz CT molecular complexity index is 721. The van der Waals surface area contributed by atoms with Gasteiger partial charge < -0.3 is 14.5 Å². The summed E-state index contributed by atoms with van der Waals surface area (Å²) >= 11 is 0. The zero-order valence-electron chi connectivity index (χ0n) is 16.5. The van der Waals surface area contributed by atoms with E-state index in [4.69, 9.17) is 4.74 Å². The van der Waals surface area contributed by atoms with Crippen LogP contribution in [0.15, 0.2) is 18.2 Å². The fourth-order valence-corrected chi connectivity index (χ4v) is 2.97. The molecule has 6 heteroatoms. The fraction of sp³-hybridized carbons (Fsp3) is 0.550. The Hall–Kier alpha value is -2.37. The molecule has 1 heterocycles. The number of amides is 2. The third kappa shape index (κ3) is 4.62. The zero-order chi connectivity index (χ0) is 19.6. The van der Waals surface area contributed by atoms with Gasteiger partial charge in [-0.15, -0.1) is 0 Å². The van der Waals surface area contributed by atoms with Gasteiger partial charge in [-0.25, -0.2) is 0 Å². The number of nitrogens with zero attached hydrogens (tertiary/aromatic N) is 2. The summed E-state index contributed by atoms with van der Waals surface area (Å²) in [6.45, 7) is 9.67. The van der Waals surface area contributed by atoms with Crippen LogP contribution in [0.3, 0.4) is 0 Å². The molecule has 1 fully saturated rings. The summed E-state index contributed by atoms with van der Waals surface area (Å²) in [5, 5.41) is 0. The van der Waals surface area contributed by atoms with Crippen molar-refractivity contribution in [3.63, 3.8) is 0 Å². The summed E-state index contributed by atoms with van der Waals surface area (Å²) in [7, 11) is 1.53. The Morgan fingerprint density at radius 1 is 1.23 bits per heavy atom. The average Bonchev–Trinajstić information content (AvgIpc) is 2.89. The molecule has 1 aliphatic rings. The first-order chi connectivity index (χ1) is 12.0. The van der Waals surface area contributed by atoms with Crippen molar-refractivity contribution in [3.8, 4) is 0 Å². The Kier molecular flexibility index (Phi) is 5.74. The van der Waals surface area contributed by atoms with Crippen LogP contribution in [0.25, 0.3) is 0 Å². The number of ether oxygens (including phenoxy) is 1. The second-order valence-electron chi connectivity index (χ2n) is 7.88. The van der Waals surface area contributed by atoms with E-state index in [0.29, 0.717) is 13.0 Å². The highest BCUT2D eigenvalue weighted by atomic mass is 16.6. The van der Waals surface area contributed by atoms with Crippen molar-refractivity contribution in [3.05, 3.63) is 29.3 Å². The molecule has 26 heavy (non-hydrogen) atoms. The number of likely N-dealkylation sites (N-methyl/N-ethyl adjacent to an activating group) is 1. The van der Waals surface area contributed by atoms with Gasteiger partial charge in [0, 0.05) is 19.3 Å². The second-order valence-corrected chi connectivity index (χ2v) is 7.88. The highest BCUT2D eigenvalue weighted by Crippen LogP contribution is 2.28. The first-order valence-corrected chi connectivity index (χ1v) is 8.85. The van der Waals surface area contributed by atoms with Crippen molar-refractivity contribution in [2.45, 2.75) is 46.6 Å². The minimum absolute atomic E-state index is 0.163. The van der Waals surface area contributed by atoms with E-state index in [2.05, 4.69) is 0 Å². The molecule has 1 aliphatic heterocycles. The number of esters is 1. The monoisotopic (exact) mass is 360 g/mol. The van der Waals surface area contributed by atoms with Crippen LogP contribution in [0.5, 0.6) is 0 Å². The lowest BCUT2D eigenvalue weighted by molar-refractivity contribution is -0.159. The van der Waals surface area contributed by atoms with E-state index >= 15 is 0 Å². The number of aryl methyl sites for hydroxylation is 2. The predicted octanol–water partition coefficient (Wildman–Crippen LogP) is 2.46. The number of rotatable bonds is 4. The second kappa shape index (κ2) is 7.48. The first kappa shape index (κ1) is 19.9. The van der Waals surface area contributed by atoms with Crippen LogP contribution in [0, 0.1) is 19.8 Å². The zero-order valence-corrected chi connectivity index (χ0v) is 16.5. The molecule has 1 saturated heterocycles. The smallest absolute Gasteiger partial charge is 0.326 e. The maximum atomic E-state index is 12.7. The van der Waals surface area contributed by atoms with Crippen molar-refractivity contribution < 1.29 is 19.1 Å².